The fourth-order valence-electron chi connectivity index (χ4n) is 2.25. The molecule has 0 saturated heterocycles. The van der Waals surface area contributed by atoms with Crippen LogP contribution in [0.1, 0.15) is 5.56 Å². The molecule has 0 bridgehead atoms. The first-order chi connectivity index (χ1) is 10.4. The Morgan fingerprint density at radius 2 is 1.86 bits per heavy atom. The van der Waals surface area contributed by atoms with E-state index in [9.17, 15) is 13.5 Å². The first-order valence-corrected chi connectivity index (χ1v) is 7.94. The number of pyridine rings is 1. The second kappa shape index (κ2) is 5.03. The summed E-state index contributed by atoms with van der Waals surface area (Å²) in [5.41, 5.74) is 1.18. The average molecular weight is 318 g/mol. The van der Waals surface area contributed by atoms with Gasteiger partial charge in [-0.3, -0.25) is 0 Å². The maximum absolute atomic E-state index is 12.8. The second-order valence-corrected chi connectivity index (χ2v) is 6.66. The van der Waals surface area contributed by atoms with Crippen molar-refractivity contribution < 1.29 is 18.3 Å². The van der Waals surface area contributed by atoms with Crippen molar-refractivity contribution in [2.75, 3.05) is 7.11 Å². The Morgan fingerprint density at radius 1 is 1.18 bits per heavy atom. The maximum Gasteiger partial charge on any atom is 0.268 e. The van der Waals surface area contributed by atoms with Crippen LogP contribution in [0.3, 0.4) is 0 Å². The molecule has 0 radical (unpaired) electrons. The summed E-state index contributed by atoms with van der Waals surface area (Å²) in [6.07, 6.45) is 2.60. The Morgan fingerprint density at radius 3 is 2.50 bits per heavy atom. The Hall–Kier alpha value is -2.54. The minimum atomic E-state index is -3.80. The summed E-state index contributed by atoms with van der Waals surface area (Å²) in [6.45, 7) is 1.88. The molecule has 7 heteroatoms. The van der Waals surface area contributed by atoms with Crippen molar-refractivity contribution in [3.05, 3.63) is 48.3 Å². The highest BCUT2D eigenvalue weighted by atomic mass is 32.2. The molecule has 1 N–H and O–H groups in total. The van der Waals surface area contributed by atoms with Crippen LogP contribution in [0.25, 0.3) is 10.9 Å². The molecular formula is C15H14N2O4S. The minimum absolute atomic E-state index is 0.103. The Labute approximate surface area is 127 Å². The molecule has 0 aliphatic heterocycles. The topological polar surface area (TPSA) is 81.4 Å². The lowest BCUT2D eigenvalue weighted by molar-refractivity contribution is 0.399. The van der Waals surface area contributed by atoms with Gasteiger partial charge in [0.1, 0.15) is 11.3 Å². The number of benzene rings is 1. The van der Waals surface area contributed by atoms with E-state index < -0.39 is 10.0 Å². The molecule has 114 valence electrons. The van der Waals surface area contributed by atoms with E-state index in [-0.39, 0.29) is 22.0 Å². The third-order valence-corrected chi connectivity index (χ3v) is 5.10. The molecule has 6 nitrogen and oxygen atoms in total. The van der Waals surface area contributed by atoms with Crippen LogP contribution in [0.4, 0.5) is 0 Å². The number of aromatic nitrogens is 2. The highest BCUT2D eigenvalue weighted by Gasteiger charge is 2.22. The predicted molar refractivity (Wildman–Crippen MR) is 81.7 cm³/mol. The number of methoxy groups -OCH3 is 1. The Bertz CT molecular complexity index is 944. The smallest absolute Gasteiger partial charge is 0.268 e. The van der Waals surface area contributed by atoms with Crippen LogP contribution in [0.2, 0.25) is 0 Å². The van der Waals surface area contributed by atoms with Gasteiger partial charge in [0.2, 0.25) is 5.88 Å². The van der Waals surface area contributed by atoms with Crippen molar-refractivity contribution >= 4 is 20.9 Å². The first-order valence-electron chi connectivity index (χ1n) is 6.50. The first kappa shape index (κ1) is 14.4. The molecule has 0 unspecified atom stereocenters. The van der Waals surface area contributed by atoms with E-state index in [1.165, 1.54) is 25.6 Å². The van der Waals surface area contributed by atoms with Crippen LogP contribution >= 0.6 is 0 Å². The number of hydrogen-bond donors (Lipinski definition) is 1. The summed E-state index contributed by atoms with van der Waals surface area (Å²) >= 11 is 0. The second-order valence-electron chi connectivity index (χ2n) is 4.84. The van der Waals surface area contributed by atoms with Gasteiger partial charge in [-0.2, -0.15) is 0 Å². The number of hydrogen-bond acceptors (Lipinski definition) is 5. The minimum Gasteiger partial charge on any atom is -0.506 e. The normalized spacial score (nSPS) is 11.7. The van der Waals surface area contributed by atoms with Gasteiger partial charge in [0.15, 0.2) is 0 Å². The van der Waals surface area contributed by atoms with E-state index in [4.69, 9.17) is 4.74 Å². The zero-order chi connectivity index (χ0) is 15.9. The molecule has 2 aromatic heterocycles. The fraction of sp³-hybridized carbons (Fsp3) is 0.133. The Kier molecular flexibility index (Phi) is 3.29. The summed E-state index contributed by atoms with van der Waals surface area (Å²) in [4.78, 5) is 4.08. The van der Waals surface area contributed by atoms with Crippen LogP contribution < -0.4 is 4.74 Å². The van der Waals surface area contributed by atoms with Gasteiger partial charge in [0.05, 0.1) is 18.2 Å². The van der Waals surface area contributed by atoms with Crippen molar-refractivity contribution in [2.45, 2.75) is 11.8 Å². The number of aryl methyl sites for hydroxylation is 1. The van der Waals surface area contributed by atoms with E-state index in [1.54, 1.807) is 24.3 Å². The van der Waals surface area contributed by atoms with Crippen LogP contribution in [-0.4, -0.2) is 29.6 Å². The molecule has 1 aromatic carbocycles. The third kappa shape index (κ3) is 2.10. The van der Waals surface area contributed by atoms with Gasteiger partial charge in [-0.05, 0) is 25.1 Å². The van der Waals surface area contributed by atoms with Crippen molar-refractivity contribution in [3.63, 3.8) is 0 Å². The van der Waals surface area contributed by atoms with Crippen LogP contribution in [-0.2, 0) is 10.0 Å². The molecule has 0 atom stereocenters. The summed E-state index contributed by atoms with van der Waals surface area (Å²) < 4.78 is 31.8. The molecule has 0 spiro atoms. The highest BCUT2D eigenvalue weighted by molar-refractivity contribution is 7.90. The SMILES string of the molecule is COc1ncc(O)c2ccn(S(=O)(=O)c3ccc(C)cc3)c12. The monoisotopic (exact) mass is 318 g/mol. The molecule has 2 heterocycles. The Balaban J connectivity index is 2.30. The summed E-state index contributed by atoms with van der Waals surface area (Å²) in [6, 6.07) is 8.05. The van der Waals surface area contributed by atoms with Crippen molar-refractivity contribution in [2.24, 2.45) is 0 Å². The van der Waals surface area contributed by atoms with Gasteiger partial charge in [-0.25, -0.2) is 17.4 Å². The van der Waals surface area contributed by atoms with Crippen molar-refractivity contribution in [1.82, 2.24) is 8.96 Å². The quantitative estimate of drug-likeness (QED) is 0.801. The molecule has 0 fully saturated rings. The maximum atomic E-state index is 12.8. The van der Waals surface area contributed by atoms with E-state index in [2.05, 4.69) is 4.98 Å². The summed E-state index contributed by atoms with van der Waals surface area (Å²) in [7, 11) is -2.41. The van der Waals surface area contributed by atoms with Crippen LogP contribution in [0.15, 0.2) is 47.6 Å². The van der Waals surface area contributed by atoms with Crippen LogP contribution in [0.5, 0.6) is 11.6 Å². The molecule has 3 rings (SSSR count). The third-order valence-electron chi connectivity index (χ3n) is 3.41. The molecule has 3 aromatic rings. The van der Waals surface area contributed by atoms with Gasteiger partial charge in [0.25, 0.3) is 10.0 Å². The molecule has 0 aliphatic carbocycles. The van der Waals surface area contributed by atoms with Gasteiger partial charge in [0, 0.05) is 11.6 Å². The number of fused-ring (bicyclic) bond motifs is 1. The summed E-state index contributed by atoms with van der Waals surface area (Å²) in [5.74, 6) is 0.0298. The highest BCUT2D eigenvalue weighted by Crippen LogP contribution is 2.33. The number of rotatable bonds is 3. The lowest BCUT2D eigenvalue weighted by Gasteiger charge is -2.10. The van der Waals surface area contributed by atoms with Crippen molar-refractivity contribution in [3.8, 4) is 11.6 Å². The number of ether oxygens (including phenoxy) is 1. The standard InChI is InChI=1S/C15H14N2O4S/c1-10-3-5-11(6-4-10)22(19,20)17-8-7-12-13(18)9-16-15(21-2)14(12)17/h3-9,18H,1-2H3. The molecule has 0 amide bonds. The number of aromatic hydroxyl groups is 1. The van der Waals surface area contributed by atoms with Crippen molar-refractivity contribution in [1.29, 1.82) is 0 Å². The van der Waals surface area contributed by atoms with E-state index in [0.717, 1.165) is 9.54 Å². The lowest BCUT2D eigenvalue weighted by atomic mass is 10.2. The zero-order valence-corrected chi connectivity index (χ0v) is 12.8. The summed E-state index contributed by atoms with van der Waals surface area (Å²) in [5, 5.41) is 10.2. The van der Waals surface area contributed by atoms with Crippen LogP contribution in [0, 0.1) is 6.92 Å². The van der Waals surface area contributed by atoms with E-state index >= 15 is 0 Å². The average Bonchev–Trinajstić information content (AvgIpc) is 2.95. The van der Waals surface area contributed by atoms with Gasteiger partial charge >= 0.3 is 0 Å². The largest absolute Gasteiger partial charge is 0.506 e. The van der Waals surface area contributed by atoms with Gasteiger partial charge in [-0.1, -0.05) is 17.7 Å². The van der Waals surface area contributed by atoms with Gasteiger partial charge < -0.3 is 9.84 Å². The fourth-order valence-corrected chi connectivity index (χ4v) is 3.60. The van der Waals surface area contributed by atoms with E-state index in [0.29, 0.717) is 5.39 Å². The van der Waals surface area contributed by atoms with E-state index in [1.807, 2.05) is 6.92 Å². The van der Waals surface area contributed by atoms with Gasteiger partial charge in [-0.15, -0.1) is 0 Å². The molecule has 0 aliphatic rings. The number of nitrogens with zero attached hydrogens (tertiary/aromatic N) is 2. The molecule has 22 heavy (non-hydrogen) atoms. The lowest BCUT2D eigenvalue weighted by Crippen LogP contribution is -2.12. The zero-order valence-electron chi connectivity index (χ0n) is 12.0. The predicted octanol–water partition coefficient (Wildman–Crippen LogP) is 2.30. The molecule has 0 saturated carbocycles. The molecular weight excluding hydrogens is 304 g/mol.